The maximum absolute atomic E-state index is 12.8. The van der Waals surface area contributed by atoms with Crippen LogP contribution in [-0.2, 0) is 14.8 Å². The summed E-state index contributed by atoms with van der Waals surface area (Å²) in [4.78, 5) is 24.5. The maximum Gasteiger partial charge on any atom is 0.251 e. The number of nitrogens with one attached hydrogen (secondary N) is 2. The number of carbonyl (C=O) groups excluding carboxylic acids is 2. The first kappa shape index (κ1) is 24.0. The molecule has 2 N–H and O–H groups in total. The van der Waals surface area contributed by atoms with Gasteiger partial charge < -0.3 is 10.6 Å². The van der Waals surface area contributed by atoms with E-state index in [9.17, 15) is 18.0 Å². The summed E-state index contributed by atoms with van der Waals surface area (Å²) < 4.78 is 27.9. The van der Waals surface area contributed by atoms with Gasteiger partial charge >= 0.3 is 0 Å². The lowest BCUT2D eigenvalue weighted by Gasteiger charge is -2.20. The van der Waals surface area contributed by atoms with Crippen LogP contribution in [-0.4, -0.2) is 44.2 Å². The molecule has 2 aromatic carbocycles. The number of hydrogen-bond donors (Lipinski definition) is 2. The molecule has 0 aliphatic carbocycles. The third kappa shape index (κ3) is 6.13. The van der Waals surface area contributed by atoms with E-state index >= 15 is 0 Å². The van der Waals surface area contributed by atoms with Crippen molar-refractivity contribution in [3.8, 4) is 0 Å². The zero-order valence-corrected chi connectivity index (χ0v) is 19.6. The topological polar surface area (TPSA) is 95.6 Å². The van der Waals surface area contributed by atoms with Crippen molar-refractivity contribution in [1.82, 2.24) is 9.62 Å². The Morgan fingerprint density at radius 3 is 2.27 bits per heavy atom. The Hall–Kier alpha value is -2.23. The molecule has 162 valence electrons. The van der Waals surface area contributed by atoms with Crippen molar-refractivity contribution in [3.05, 3.63) is 58.1 Å². The van der Waals surface area contributed by atoms with Crippen LogP contribution in [0.4, 0.5) is 5.69 Å². The fourth-order valence-corrected chi connectivity index (χ4v) is 4.85. The van der Waals surface area contributed by atoms with Crippen molar-refractivity contribution in [3.63, 3.8) is 0 Å². The van der Waals surface area contributed by atoms with Crippen LogP contribution in [0.2, 0.25) is 0 Å². The van der Waals surface area contributed by atoms with Crippen molar-refractivity contribution < 1.29 is 18.0 Å². The van der Waals surface area contributed by atoms with E-state index in [1.54, 1.807) is 57.2 Å². The summed E-state index contributed by atoms with van der Waals surface area (Å²) >= 11 is 3.31. The number of benzene rings is 2. The zero-order chi connectivity index (χ0) is 22.3. The number of rotatable bonds is 9. The quantitative estimate of drug-likeness (QED) is 0.555. The number of aryl methyl sites for hydroxylation is 1. The molecule has 0 atom stereocenters. The van der Waals surface area contributed by atoms with E-state index in [1.165, 1.54) is 10.4 Å². The van der Waals surface area contributed by atoms with Gasteiger partial charge in [0.15, 0.2) is 0 Å². The summed E-state index contributed by atoms with van der Waals surface area (Å²) in [5, 5.41) is 5.39. The van der Waals surface area contributed by atoms with Gasteiger partial charge in [-0.3, -0.25) is 9.59 Å². The van der Waals surface area contributed by atoms with Crippen LogP contribution in [0, 0.1) is 6.92 Å². The molecule has 30 heavy (non-hydrogen) atoms. The highest BCUT2D eigenvalue weighted by Crippen LogP contribution is 2.23. The van der Waals surface area contributed by atoms with Crippen LogP contribution >= 0.6 is 15.9 Å². The second kappa shape index (κ2) is 10.7. The largest absolute Gasteiger partial charge is 0.352 e. The van der Waals surface area contributed by atoms with Crippen LogP contribution in [0.25, 0.3) is 0 Å². The van der Waals surface area contributed by atoms with Crippen molar-refractivity contribution >= 4 is 43.5 Å². The van der Waals surface area contributed by atoms with Gasteiger partial charge in [-0.25, -0.2) is 8.42 Å². The molecule has 2 rings (SSSR count). The molecule has 0 aliphatic heterocycles. The second-order valence-corrected chi connectivity index (χ2v) is 9.45. The number of sulfonamides is 1. The lowest BCUT2D eigenvalue weighted by Crippen LogP contribution is -2.31. The van der Waals surface area contributed by atoms with E-state index in [4.69, 9.17) is 0 Å². The molecule has 9 heteroatoms. The molecule has 7 nitrogen and oxygen atoms in total. The molecule has 0 saturated heterocycles. The van der Waals surface area contributed by atoms with Crippen LogP contribution in [0.3, 0.4) is 0 Å². The third-order valence-electron chi connectivity index (χ3n) is 4.54. The standard InChI is InChI=1S/C21H26BrN3O4S/c1-4-25(5-2)30(28,29)19-14-18(11-6-15(19)3)24-20(26)12-13-23-21(27)16-7-9-17(22)10-8-16/h6-11,14H,4-5,12-13H2,1-3H3,(H,23,27)(H,24,26). The summed E-state index contributed by atoms with van der Waals surface area (Å²) in [5.41, 5.74) is 1.51. The molecule has 2 amide bonds. The Morgan fingerprint density at radius 2 is 1.67 bits per heavy atom. The van der Waals surface area contributed by atoms with Gasteiger partial charge in [0.25, 0.3) is 5.91 Å². The van der Waals surface area contributed by atoms with Gasteiger partial charge in [-0.05, 0) is 48.9 Å². The van der Waals surface area contributed by atoms with Gasteiger partial charge in [0.2, 0.25) is 15.9 Å². The molecule has 0 unspecified atom stereocenters. The number of halogens is 1. The normalized spacial score (nSPS) is 11.4. The predicted octanol–water partition coefficient (Wildman–Crippen LogP) is 3.55. The van der Waals surface area contributed by atoms with Gasteiger partial charge in [-0.15, -0.1) is 0 Å². The molecule has 0 fully saturated rings. The predicted molar refractivity (Wildman–Crippen MR) is 121 cm³/mol. The molecule has 0 heterocycles. The number of carbonyl (C=O) groups is 2. The second-order valence-electron chi connectivity index (χ2n) is 6.63. The highest BCUT2D eigenvalue weighted by molar-refractivity contribution is 9.10. The van der Waals surface area contributed by atoms with Crippen molar-refractivity contribution in [1.29, 1.82) is 0 Å². The first-order chi connectivity index (χ1) is 14.2. The molecule has 0 bridgehead atoms. The fourth-order valence-electron chi connectivity index (χ4n) is 2.87. The van der Waals surface area contributed by atoms with E-state index in [0.29, 0.717) is 29.9 Å². The van der Waals surface area contributed by atoms with E-state index in [2.05, 4.69) is 26.6 Å². The SMILES string of the molecule is CCN(CC)S(=O)(=O)c1cc(NC(=O)CCNC(=O)c2ccc(Br)cc2)ccc1C. The summed E-state index contributed by atoms with van der Waals surface area (Å²) in [5.74, 6) is -0.584. The lowest BCUT2D eigenvalue weighted by molar-refractivity contribution is -0.116. The molecular weight excluding hydrogens is 470 g/mol. The number of anilines is 1. The van der Waals surface area contributed by atoms with Crippen molar-refractivity contribution in [2.75, 3.05) is 25.0 Å². The molecule has 0 aliphatic rings. The van der Waals surface area contributed by atoms with Crippen LogP contribution in [0.1, 0.15) is 36.2 Å². The number of hydrogen-bond acceptors (Lipinski definition) is 4. The minimum atomic E-state index is -3.63. The highest BCUT2D eigenvalue weighted by atomic mass is 79.9. The average Bonchev–Trinajstić information content (AvgIpc) is 2.70. The molecular formula is C21H26BrN3O4S. The average molecular weight is 496 g/mol. The van der Waals surface area contributed by atoms with Crippen LogP contribution in [0.15, 0.2) is 51.8 Å². The Kier molecular flexibility index (Phi) is 8.57. The van der Waals surface area contributed by atoms with Crippen molar-refractivity contribution in [2.45, 2.75) is 32.1 Å². The minimum absolute atomic E-state index is 0.0638. The lowest BCUT2D eigenvalue weighted by atomic mass is 10.2. The highest BCUT2D eigenvalue weighted by Gasteiger charge is 2.24. The van der Waals surface area contributed by atoms with Crippen molar-refractivity contribution in [2.24, 2.45) is 0 Å². The Balaban J connectivity index is 1.98. The van der Waals surface area contributed by atoms with E-state index < -0.39 is 10.0 Å². The fraction of sp³-hybridized carbons (Fsp3) is 0.333. The summed E-state index contributed by atoms with van der Waals surface area (Å²) in [6.45, 7) is 6.19. The smallest absolute Gasteiger partial charge is 0.251 e. The molecule has 2 aromatic rings. The summed E-state index contributed by atoms with van der Waals surface area (Å²) in [7, 11) is -3.63. The van der Waals surface area contributed by atoms with Gasteiger partial charge in [-0.2, -0.15) is 4.31 Å². The number of nitrogens with zero attached hydrogens (tertiary/aromatic N) is 1. The molecule has 0 aromatic heterocycles. The van der Waals surface area contributed by atoms with Crippen LogP contribution in [0.5, 0.6) is 0 Å². The summed E-state index contributed by atoms with van der Waals surface area (Å²) in [6.07, 6.45) is 0.0638. The first-order valence-corrected chi connectivity index (χ1v) is 11.9. The maximum atomic E-state index is 12.8. The number of amides is 2. The van der Waals surface area contributed by atoms with Gasteiger partial charge in [0, 0.05) is 41.8 Å². The summed E-state index contributed by atoms with van der Waals surface area (Å²) in [6, 6.07) is 11.7. The monoisotopic (exact) mass is 495 g/mol. The van der Waals surface area contributed by atoms with E-state index in [1.807, 2.05) is 0 Å². The Bertz CT molecular complexity index is 1000. The minimum Gasteiger partial charge on any atom is -0.352 e. The molecule has 0 spiro atoms. The van der Waals surface area contributed by atoms with Gasteiger partial charge in [0.1, 0.15) is 0 Å². The Labute approximate surface area is 186 Å². The molecule has 0 radical (unpaired) electrons. The van der Waals surface area contributed by atoms with E-state index in [-0.39, 0.29) is 29.7 Å². The van der Waals surface area contributed by atoms with Gasteiger partial charge in [0.05, 0.1) is 4.90 Å². The van der Waals surface area contributed by atoms with Crippen LogP contribution < -0.4 is 10.6 Å². The first-order valence-electron chi connectivity index (χ1n) is 9.63. The Morgan fingerprint density at radius 1 is 1.03 bits per heavy atom. The molecule has 0 saturated carbocycles. The van der Waals surface area contributed by atoms with Gasteiger partial charge in [-0.1, -0.05) is 35.8 Å². The zero-order valence-electron chi connectivity index (χ0n) is 17.2. The van der Waals surface area contributed by atoms with E-state index in [0.717, 1.165) is 4.47 Å². The third-order valence-corrected chi connectivity index (χ3v) is 7.26.